The van der Waals surface area contributed by atoms with E-state index in [1.165, 1.54) is 12.8 Å². The highest BCUT2D eigenvalue weighted by Crippen LogP contribution is 2.23. The highest BCUT2D eigenvalue weighted by Gasteiger charge is 2.26. The van der Waals surface area contributed by atoms with Crippen LogP contribution >= 0.6 is 0 Å². The zero-order valence-electron chi connectivity index (χ0n) is 11.5. The minimum Gasteiger partial charge on any atom is -0.335 e. The average Bonchev–Trinajstić information content (AvgIpc) is 2.74. The summed E-state index contributed by atoms with van der Waals surface area (Å²) in [4.78, 5) is 14.2. The van der Waals surface area contributed by atoms with Crippen LogP contribution in [0.3, 0.4) is 0 Å². The molecule has 0 aromatic carbocycles. The molecule has 1 aliphatic carbocycles. The van der Waals surface area contributed by atoms with Gasteiger partial charge in [-0.15, -0.1) is 6.58 Å². The van der Waals surface area contributed by atoms with Crippen LogP contribution in [0.4, 0.5) is 0 Å². The number of hydrogen-bond acceptors (Lipinski definition) is 2. The van der Waals surface area contributed by atoms with Crippen molar-refractivity contribution in [3.05, 3.63) is 12.7 Å². The van der Waals surface area contributed by atoms with Crippen molar-refractivity contribution in [3.8, 4) is 0 Å². The zero-order chi connectivity index (χ0) is 12.9. The van der Waals surface area contributed by atoms with E-state index in [2.05, 4.69) is 32.7 Å². The molecule has 1 rings (SSSR count). The molecule has 0 aromatic heterocycles. The van der Waals surface area contributed by atoms with Gasteiger partial charge in [-0.25, -0.2) is 0 Å². The maximum Gasteiger partial charge on any atom is 0.237 e. The van der Waals surface area contributed by atoms with Crippen molar-refractivity contribution in [2.45, 2.75) is 58.0 Å². The van der Waals surface area contributed by atoms with Crippen molar-refractivity contribution < 1.29 is 4.79 Å². The zero-order valence-corrected chi connectivity index (χ0v) is 11.5. The normalized spacial score (nSPS) is 17.1. The maximum atomic E-state index is 12.2. The van der Waals surface area contributed by atoms with Crippen LogP contribution in [0.15, 0.2) is 12.7 Å². The van der Waals surface area contributed by atoms with Crippen LogP contribution in [0.1, 0.15) is 46.5 Å². The Morgan fingerprint density at radius 1 is 1.41 bits per heavy atom. The summed E-state index contributed by atoms with van der Waals surface area (Å²) >= 11 is 0. The molecule has 17 heavy (non-hydrogen) atoms. The van der Waals surface area contributed by atoms with Crippen LogP contribution in [0.25, 0.3) is 0 Å². The Bertz CT molecular complexity index is 262. The SMILES string of the molecule is C=CCN(C(=O)CNC(C)(C)C)C1CCCC1. The van der Waals surface area contributed by atoms with Crippen LogP contribution in [0, 0.1) is 0 Å². The third-order valence-electron chi connectivity index (χ3n) is 3.18. The van der Waals surface area contributed by atoms with Crippen molar-refractivity contribution in [2.24, 2.45) is 0 Å². The topological polar surface area (TPSA) is 32.3 Å². The van der Waals surface area contributed by atoms with Crippen LogP contribution in [0.5, 0.6) is 0 Å². The summed E-state index contributed by atoms with van der Waals surface area (Å²) in [7, 11) is 0. The fourth-order valence-electron chi connectivity index (χ4n) is 2.25. The molecule has 0 atom stereocenters. The van der Waals surface area contributed by atoms with Crippen molar-refractivity contribution in [1.82, 2.24) is 10.2 Å². The van der Waals surface area contributed by atoms with Crippen LogP contribution in [0.2, 0.25) is 0 Å². The molecule has 1 aliphatic rings. The lowest BCUT2D eigenvalue weighted by molar-refractivity contribution is -0.132. The van der Waals surface area contributed by atoms with Crippen molar-refractivity contribution in [1.29, 1.82) is 0 Å². The Labute approximate surface area is 105 Å². The van der Waals surface area contributed by atoms with E-state index in [-0.39, 0.29) is 11.4 Å². The Balaban J connectivity index is 2.51. The van der Waals surface area contributed by atoms with E-state index >= 15 is 0 Å². The molecule has 1 amide bonds. The summed E-state index contributed by atoms with van der Waals surface area (Å²) in [6, 6.07) is 0.433. The Kier molecular flexibility index (Phi) is 5.19. The summed E-state index contributed by atoms with van der Waals surface area (Å²) in [5.74, 6) is 0.201. The van der Waals surface area contributed by atoms with Gasteiger partial charge >= 0.3 is 0 Å². The minimum atomic E-state index is -0.00875. The van der Waals surface area contributed by atoms with E-state index in [1.54, 1.807) is 0 Å². The number of rotatable bonds is 5. The molecule has 0 unspecified atom stereocenters. The van der Waals surface area contributed by atoms with Crippen LogP contribution in [-0.4, -0.2) is 35.5 Å². The van der Waals surface area contributed by atoms with E-state index in [0.29, 0.717) is 19.1 Å². The first-order chi connectivity index (χ1) is 7.94. The number of carbonyl (C=O) groups is 1. The van der Waals surface area contributed by atoms with Gasteiger partial charge in [0, 0.05) is 18.1 Å². The fourth-order valence-corrected chi connectivity index (χ4v) is 2.25. The molecule has 0 heterocycles. The van der Waals surface area contributed by atoms with Gasteiger partial charge in [0.2, 0.25) is 5.91 Å². The lowest BCUT2D eigenvalue weighted by Gasteiger charge is -2.30. The first-order valence-corrected chi connectivity index (χ1v) is 6.59. The Hall–Kier alpha value is -0.830. The molecule has 0 bridgehead atoms. The van der Waals surface area contributed by atoms with E-state index in [0.717, 1.165) is 12.8 Å². The van der Waals surface area contributed by atoms with E-state index < -0.39 is 0 Å². The average molecular weight is 238 g/mol. The summed E-state index contributed by atoms with van der Waals surface area (Å²) < 4.78 is 0. The van der Waals surface area contributed by atoms with Gasteiger partial charge in [-0.3, -0.25) is 4.79 Å². The number of hydrogen-bond donors (Lipinski definition) is 1. The predicted octanol–water partition coefficient (Wildman–Crippen LogP) is 2.33. The van der Waals surface area contributed by atoms with Gasteiger partial charge in [0.05, 0.1) is 6.54 Å². The highest BCUT2D eigenvalue weighted by molar-refractivity contribution is 5.78. The highest BCUT2D eigenvalue weighted by atomic mass is 16.2. The third-order valence-corrected chi connectivity index (χ3v) is 3.18. The quantitative estimate of drug-likeness (QED) is 0.746. The molecule has 3 nitrogen and oxygen atoms in total. The van der Waals surface area contributed by atoms with Gasteiger partial charge in [-0.2, -0.15) is 0 Å². The molecule has 0 spiro atoms. The molecule has 98 valence electrons. The standard InChI is InChI=1S/C14H26N2O/c1-5-10-16(12-8-6-7-9-12)13(17)11-15-14(2,3)4/h5,12,15H,1,6-11H2,2-4H3. The van der Waals surface area contributed by atoms with E-state index in [9.17, 15) is 4.79 Å². The Morgan fingerprint density at radius 3 is 2.47 bits per heavy atom. The van der Waals surface area contributed by atoms with Gasteiger partial charge in [0.15, 0.2) is 0 Å². The molecule has 1 fully saturated rings. The second-order valence-electron chi connectivity index (χ2n) is 5.88. The molecule has 0 aliphatic heterocycles. The lowest BCUT2D eigenvalue weighted by atomic mass is 10.1. The van der Waals surface area contributed by atoms with Crippen LogP contribution in [-0.2, 0) is 4.79 Å². The summed E-state index contributed by atoms with van der Waals surface area (Å²) in [6.07, 6.45) is 6.62. The van der Waals surface area contributed by atoms with Crippen molar-refractivity contribution in [3.63, 3.8) is 0 Å². The molecule has 0 aromatic rings. The monoisotopic (exact) mass is 238 g/mol. The van der Waals surface area contributed by atoms with Gasteiger partial charge in [-0.1, -0.05) is 18.9 Å². The second-order valence-corrected chi connectivity index (χ2v) is 5.88. The van der Waals surface area contributed by atoms with Gasteiger partial charge in [-0.05, 0) is 33.6 Å². The molecule has 1 N–H and O–H groups in total. The largest absolute Gasteiger partial charge is 0.335 e. The molecule has 0 saturated heterocycles. The van der Waals surface area contributed by atoms with Crippen molar-refractivity contribution in [2.75, 3.05) is 13.1 Å². The lowest BCUT2D eigenvalue weighted by Crippen LogP contribution is -2.47. The first kappa shape index (κ1) is 14.2. The van der Waals surface area contributed by atoms with Gasteiger partial charge in [0.25, 0.3) is 0 Å². The summed E-state index contributed by atoms with van der Waals surface area (Å²) in [6.45, 7) is 11.1. The molecule has 3 heteroatoms. The van der Waals surface area contributed by atoms with Crippen molar-refractivity contribution >= 4 is 5.91 Å². The second kappa shape index (κ2) is 6.20. The Morgan fingerprint density at radius 2 is 2.00 bits per heavy atom. The predicted molar refractivity (Wildman–Crippen MR) is 71.9 cm³/mol. The summed E-state index contributed by atoms with van der Waals surface area (Å²) in [5, 5.41) is 3.26. The maximum absolute atomic E-state index is 12.2. The number of carbonyl (C=O) groups excluding carboxylic acids is 1. The molecule has 0 radical (unpaired) electrons. The molecule has 1 saturated carbocycles. The van der Waals surface area contributed by atoms with Crippen LogP contribution < -0.4 is 5.32 Å². The van der Waals surface area contributed by atoms with E-state index in [1.807, 2.05) is 11.0 Å². The first-order valence-electron chi connectivity index (χ1n) is 6.59. The van der Waals surface area contributed by atoms with E-state index in [4.69, 9.17) is 0 Å². The molecular formula is C14H26N2O. The number of amides is 1. The number of nitrogens with one attached hydrogen (secondary N) is 1. The van der Waals surface area contributed by atoms with Gasteiger partial charge < -0.3 is 10.2 Å². The summed E-state index contributed by atoms with van der Waals surface area (Å²) in [5.41, 5.74) is -0.00875. The molecular weight excluding hydrogens is 212 g/mol. The smallest absolute Gasteiger partial charge is 0.237 e. The minimum absolute atomic E-state index is 0.00875. The fraction of sp³-hybridized carbons (Fsp3) is 0.786. The third kappa shape index (κ3) is 4.90. The number of nitrogens with zero attached hydrogens (tertiary/aromatic N) is 1. The van der Waals surface area contributed by atoms with Gasteiger partial charge in [0.1, 0.15) is 0 Å².